The van der Waals surface area contributed by atoms with Crippen LogP contribution in [-0.4, -0.2) is 0 Å². The molecule has 0 fully saturated rings. The maximum absolute atomic E-state index is 6.70. The molecule has 5 aromatic carbocycles. The zero-order valence-electron chi connectivity index (χ0n) is 19.8. The quantitative estimate of drug-likeness (QED) is 0.260. The van der Waals surface area contributed by atoms with Gasteiger partial charge in [0.05, 0.1) is 11.4 Å². The van der Waals surface area contributed by atoms with E-state index in [4.69, 9.17) is 4.74 Å². The van der Waals surface area contributed by atoms with Crippen molar-refractivity contribution in [1.82, 2.24) is 0 Å². The Labute approximate surface area is 206 Å². The number of hydrogen-bond acceptors (Lipinski definition) is 2. The second-order valence-corrected chi connectivity index (χ2v) is 9.83. The van der Waals surface area contributed by atoms with Crippen LogP contribution in [-0.2, 0) is 5.41 Å². The van der Waals surface area contributed by atoms with E-state index in [1.54, 1.807) is 0 Å². The average molecular weight is 452 g/mol. The molecule has 0 bridgehead atoms. The van der Waals surface area contributed by atoms with E-state index in [0.29, 0.717) is 0 Å². The predicted molar refractivity (Wildman–Crippen MR) is 144 cm³/mol. The first-order chi connectivity index (χ1) is 17.1. The summed E-state index contributed by atoms with van der Waals surface area (Å²) >= 11 is 0. The lowest BCUT2D eigenvalue weighted by Gasteiger charge is -2.34. The summed E-state index contributed by atoms with van der Waals surface area (Å²) in [7, 11) is 0. The number of hydrogen-bond donors (Lipinski definition) is 0. The van der Waals surface area contributed by atoms with E-state index in [1.807, 2.05) is 6.07 Å². The molecule has 0 spiro atoms. The van der Waals surface area contributed by atoms with Gasteiger partial charge in [-0.1, -0.05) is 92.7 Å². The second kappa shape index (κ2) is 7.35. The first kappa shape index (κ1) is 20.1. The Morgan fingerprint density at radius 2 is 1.31 bits per heavy atom. The van der Waals surface area contributed by atoms with E-state index < -0.39 is 0 Å². The second-order valence-electron chi connectivity index (χ2n) is 9.83. The maximum atomic E-state index is 6.70. The number of ether oxygens (including phenoxy) is 1. The molecule has 2 heteroatoms. The molecule has 2 nitrogen and oxygen atoms in total. The zero-order chi connectivity index (χ0) is 23.6. The number of fused-ring (bicyclic) bond motifs is 6. The van der Waals surface area contributed by atoms with Crippen molar-refractivity contribution in [3.63, 3.8) is 0 Å². The van der Waals surface area contributed by atoms with Crippen LogP contribution in [0.5, 0.6) is 11.5 Å². The molecule has 5 aromatic rings. The van der Waals surface area contributed by atoms with E-state index >= 15 is 0 Å². The summed E-state index contributed by atoms with van der Waals surface area (Å²) in [6, 6.07) is 40.9. The van der Waals surface area contributed by atoms with Crippen LogP contribution in [0.15, 0.2) is 115 Å². The Bertz CT molecular complexity index is 1590. The minimum atomic E-state index is -0.123. The Hall–Kier alpha value is -4.30. The van der Waals surface area contributed by atoms with Crippen LogP contribution in [0.2, 0.25) is 0 Å². The van der Waals surface area contributed by atoms with Crippen molar-refractivity contribution in [2.75, 3.05) is 4.90 Å². The third-order valence-electron chi connectivity index (χ3n) is 7.45. The molecule has 0 aromatic heterocycles. The van der Waals surface area contributed by atoms with Gasteiger partial charge in [-0.25, -0.2) is 0 Å². The topological polar surface area (TPSA) is 12.5 Å². The van der Waals surface area contributed by atoms with Crippen molar-refractivity contribution in [2.45, 2.75) is 19.3 Å². The van der Waals surface area contributed by atoms with Crippen LogP contribution < -0.4 is 9.64 Å². The summed E-state index contributed by atoms with van der Waals surface area (Å²) in [6.07, 6.45) is 0. The molecule has 0 saturated heterocycles. The molecule has 0 unspecified atom stereocenters. The number of benzene rings is 5. The SMILES string of the molecule is CC1(C)c2cc(-c3ccccc3)ccc2-c2c1ccc1c2Oc2ccccc2N1c1ccccc1. The van der Waals surface area contributed by atoms with Crippen molar-refractivity contribution in [2.24, 2.45) is 0 Å². The molecule has 168 valence electrons. The molecular weight excluding hydrogens is 426 g/mol. The van der Waals surface area contributed by atoms with Crippen molar-refractivity contribution < 1.29 is 4.74 Å². The maximum Gasteiger partial charge on any atom is 0.159 e. The van der Waals surface area contributed by atoms with Crippen molar-refractivity contribution >= 4 is 17.1 Å². The number of rotatable bonds is 2. The van der Waals surface area contributed by atoms with E-state index in [-0.39, 0.29) is 5.41 Å². The smallest absolute Gasteiger partial charge is 0.159 e. The fraction of sp³-hybridized carbons (Fsp3) is 0.0909. The van der Waals surface area contributed by atoms with Gasteiger partial charge in [-0.05, 0) is 64.2 Å². The van der Waals surface area contributed by atoms with Gasteiger partial charge < -0.3 is 9.64 Å². The highest BCUT2D eigenvalue weighted by Crippen LogP contribution is 2.60. The van der Waals surface area contributed by atoms with Gasteiger partial charge in [0, 0.05) is 16.7 Å². The molecule has 1 aliphatic heterocycles. The molecule has 35 heavy (non-hydrogen) atoms. The van der Waals surface area contributed by atoms with Crippen molar-refractivity contribution in [3.05, 3.63) is 126 Å². The Morgan fingerprint density at radius 1 is 0.600 bits per heavy atom. The fourth-order valence-electron chi connectivity index (χ4n) is 5.70. The first-order valence-electron chi connectivity index (χ1n) is 12.1. The van der Waals surface area contributed by atoms with Gasteiger partial charge in [0.15, 0.2) is 11.5 Å². The molecule has 0 N–H and O–H groups in total. The summed E-state index contributed by atoms with van der Waals surface area (Å²) in [5.74, 6) is 1.81. The van der Waals surface area contributed by atoms with Crippen molar-refractivity contribution in [1.29, 1.82) is 0 Å². The van der Waals surface area contributed by atoms with Crippen LogP contribution >= 0.6 is 0 Å². The third-order valence-corrected chi connectivity index (χ3v) is 7.45. The van der Waals surface area contributed by atoms with Gasteiger partial charge >= 0.3 is 0 Å². The van der Waals surface area contributed by atoms with E-state index in [9.17, 15) is 0 Å². The van der Waals surface area contributed by atoms with E-state index in [1.165, 1.54) is 33.4 Å². The lowest BCUT2D eigenvalue weighted by atomic mass is 9.81. The largest absolute Gasteiger partial charge is 0.452 e. The molecule has 0 amide bonds. The molecule has 2 aliphatic rings. The molecule has 0 radical (unpaired) electrons. The number of nitrogens with zero attached hydrogens (tertiary/aromatic N) is 1. The number of anilines is 3. The van der Waals surface area contributed by atoms with Crippen molar-refractivity contribution in [3.8, 4) is 33.8 Å². The highest BCUT2D eigenvalue weighted by Gasteiger charge is 2.40. The summed E-state index contributed by atoms with van der Waals surface area (Å²) in [6.45, 7) is 4.65. The molecular formula is C33H25NO. The highest BCUT2D eigenvalue weighted by molar-refractivity contribution is 5.96. The fourth-order valence-corrected chi connectivity index (χ4v) is 5.70. The van der Waals surface area contributed by atoms with Gasteiger partial charge in [0.25, 0.3) is 0 Å². The standard InChI is InChI=1S/C33H25NO/c1-33(2)26-19-20-29-32(31(26)25-18-17-23(21-27(25)33)22-11-5-3-6-12-22)35-30-16-10-9-15-28(30)34(29)24-13-7-4-8-14-24/h3-21H,1-2H3. The summed E-state index contributed by atoms with van der Waals surface area (Å²) in [4.78, 5) is 2.32. The lowest BCUT2D eigenvalue weighted by molar-refractivity contribution is 0.478. The lowest BCUT2D eigenvalue weighted by Crippen LogP contribution is -2.18. The predicted octanol–water partition coefficient (Wildman–Crippen LogP) is 9.24. The summed E-state index contributed by atoms with van der Waals surface area (Å²) < 4.78 is 6.70. The van der Waals surface area contributed by atoms with Crippen LogP contribution in [0.4, 0.5) is 17.1 Å². The normalized spacial score (nSPS) is 14.4. The highest BCUT2D eigenvalue weighted by atomic mass is 16.5. The Morgan fingerprint density at radius 3 is 2.11 bits per heavy atom. The van der Waals surface area contributed by atoms with E-state index in [0.717, 1.165) is 28.6 Å². The van der Waals surface area contributed by atoms with Gasteiger partial charge in [-0.15, -0.1) is 0 Å². The average Bonchev–Trinajstić information content (AvgIpc) is 3.14. The van der Waals surface area contributed by atoms with Gasteiger partial charge in [0.2, 0.25) is 0 Å². The van der Waals surface area contributed by atoms with Gasteiger partial charge in [-0.3, -0.25) is 0 Å². The molecule has 1 aliphatic carbocycles. The van der Waals surface area contributed by atoms with Gasteiger partial charge in [0.1, 0.15) is 0 Å². The van der Waals surface area contributed by atoms with Crippen LogP contribution in [0.3, 0.4) is 0 Å². The summed E-state index contributed by atoms with van der Waals surface area (Å²) in [5.41, 5.74) is 10.7. The Balaban J connectivity index is 1.47. The number of para-hydroxylation sites is 3. The van der Waals surface area contributed by atoms with Crippen LogP contribution in [0.1, 0.15) is 25.0 Å². The summed E-state index contributed by atoms with van der Waals surface area (Å²) in [5, 5.41) is 0. The van der Waals surface area contributed by atoms with E-state index in [2.05, 4.69) is 128 Å². The minimum absolute atomic E-state index is 0.123. The minimum Gasteiger partial charge on any atom is -0.452 e. The molecule has 7 rings (SSSR count). The first-order valence-corrected chi connectivity index (χ1v) is 12.1. The Kier molecular flexibility index (Phi) is 4.22. The van der Waals surface area contributed by atoms with Crippen LogP contribution in [0, 0.1) is 0 Å². The van der Waals surface area contributed by atoms with Gasteiger partial charge in [-0.2, -0.15) is 0 Å². The third kappa shape index (κ3) is 2.90. The zero-order valence-corrected chi connectivity index (χ0v) is 19.8. The molecule has 0 saturated carbocycles. The molecule has 0 atom stereocenters. The van der Waals surface area contributed by atoms with Crippen LogP contribution in [0.25, 0.3) is 22.3 Å². The molecule has 1 heterocycles. The monoisotopic (exact) mass is 451 g/mol.